The number of hydrogen-bond donors (Lipinski definition) is 1. The second-order valence-electron chi connectivity index (χ2n) is 4.36. The van der Waals surface area contributed by atoms with Gasteiger partial charge >= 0.3 is 0 Å². The summed E-state index contributed by atoms with van der Waals surface area (Å²) in [5.74, 6) is 0.419. The largest absolute Gasteiger partial charge is 0.497 e. The molecule has 112 valence electrons. The third-order valence-electron chi connectivity index (χ3n) is 2.98. The second kappa shape index (κ2) is 6.58. The van der Waals surface area contributed by atoms with Crippen molar-refractivity contribution in [2.24, 2.45) is 0 Å². The molecule has 2 rings (SSSR count). The van der Waals surface area contributed by atoms with Crippen molar-refractivity contribution in [3.8, 4) is 11.5 Å². The Balaban J connectivity index is 2.23. The van der Waals surface area contributed by atoms with Crippen molar-refractivity contribution in [3.05, 3.63) is 47.8 Å². The van der Waals surface area contributed by atoms with Crippen LogP contribution in [0.15, 0.2) is 41.3 Å². The normalized spacial score (nSPS) is 12.0. The summed E-state index contributed by atoms with van der Waals surface area (Å²) in [6.45, 7) is 0. The van der Waals surface area contributed by atoms with Crippen LogP contribution in [0.3, 0.4) is 0 Å². The maximum absolute atomic E-state index is 13.6. The summed E-state index contributed by atoms with van der Waals surface area (Å²) < 4.78 is 36.0. The van der Waals surface area contributed by atoms with Gasteiger partial charge in [0.05, 0.1) is 35.7 Å². The molecule has 0 spiro atoms. The van der Waals surface area contributed by atoms with E-state index in [1.54, 1.807) is 24.3 Å². The van der Waals surface area contributed by atoms with E-state index in [2.05, 4.69) is 0 Å². The first-order chi connectivity index (χ1) is 10.0. The number of anilines is 1. The predicted octanol–water partition coefficient (Wildman–Crippen LogP) is 2.73. The molecule has 6 heteroatoms. The molecule has 0 saturated carbocycles. The minimum atomic E-state index is -1.39. The lowest BCUT2D eigenvalue weighted by Gasteiger charge is -2.09. The van der Waals surface area contributed by atoms with E-state index in [-0.39, 0.29) is 11.5 Å². The Bertz CT molecular complexity index is 676. The summed E-state index contributed by atoms with van der Waals surface area (Å²) in [5, 5.41) is 0. The van der Waals surface area contributed by atoms with E-state index in [0.717, 1.165) is 0 Å². The van der Waals surface area contributed by atoms with E-state index < -0.39 is 16.6 Å². The average molecular weight is 309 g/mol. The molecule has 0 amide bonds. The molecule has 2 aromatic rings. The number of hydrogen-bond acceptors (Lipinski definition) is 4. The summed E-state index contributed by atoms with van der Waals surface area (Å²) in [4.78, 5) is 0.477. The molecular weight excluding hydrogens is 293 g/mol. The highest BCUT2D eigenvalue weighted by Gasteiger charge is 2.12. The Kier molecular flexibility index (Phi) is 4.80. The Morgan fingerprint density at radius 3 is 2.52 bits per heavy atom. The number of benzene rings is 2. The van der Waals surface area contributed by atoms with Crippen molar-refractivity contribution in [2.75, 3.05) is 20.0 Å². The first-order valence-electron chi connectivity index (χ1n) is 6.19. The minimum Gasteiger partial charge on any atom is -0.497 e. The maximum Gasteiger partial charge on any atom is 0.165 e. The molecule has 2 N–H and O–H groups in total. The lowest BCUT2D eigenvalue weighted by atomic mass is 10.2. The summed E-state index contributed by atoms with van der Waals surface area (Å²) >= 11 is 0. The predicted molar refractivity (Wildman–Crippen MR) is 80.5 cm³/mol. The van der Waals surface area contributed by atoms with Crippen LogP contribution in [0, 0.1) is 5.82 Å². The van der Waals surface area contributed by atoms with Gasteiger partial charge in [-0.3, -0.25) is 4.21 Å². The van der Waals surface area contributed by atoms with E-state index in [9.17, 15) is 8.60 Å². The topological polar surface area (TPSA) is 61.5 Å². The molecule has 0 heterocycles. The third kappa shape index (κ3) is 3.52. The van der Waals surface area contributed by atoms with Crippen LogP contribution in [0.4, 0.5) is 10.1 Å². The van der Waals surface area contributed by atoms with Crippen LogP contribution in [-0.2, 0) is 16.6 Å². The van der Waals surface area contributed by atoms with Crippen molar-refractivity contribution in [3.63, 3.8) is 0 Å². The van der Waals surface area contributed by atoms with E-state index in [1.807, 2.05) is 0 Å². The fourth-order valence-corrected chi connectivity index (χ4v) is 3.08. The monoisotopic (exact) mass is 309 g/mol. The lowest BCUT2D eigenvalue weighted by molar-refractivity contribution is 0.386. The third-order valence-corrected chi connectivity index (χ3v) is 4.42. The fraction of sp³-hybridized carbons (Fsp3) is 0.200. The van der Waals surface area contributed by atoms with Crippen molar-refractivity contribution in [1.29, 1.82) is 0 Å². The summed E-state index contributed by atoms with van der Waals surface area (Å²) in [6, 6.07) is 9.47. The molecular formula is C15H16FNO3S. The summed E-state index contributed by atoms with van der Waals surface area (Å²) in [7, 11) is 1.53. The Morgan fingerprint density at radius 1 is 1.14 bits per heavy atom. The van der Waals surface area contributed by atoms with E-state index >= 15 is 0 Å². The minimum absolute atomic E-state index is 0.158. The molecule has 0 radical (unpaired) electrons. The summed E-state index contributed by atoms with van der Waals surface area (Å²) in [6.07, 6.45) is 0. The van der Waals surface area contributed by atoms with Gasteiger partial charge in [-0.15, -0.1) is 0 Å². The van der Waals surface area contributed by atoms with Crippen LogP contribution in [0.2, 0.25) is 0 Å². The molecule has 1 atom stereocenters. The van der Waals surface area contributed by atoms with Gasteiger partial charge in [-0.2, -0.15) is 0 Å². The van der Waals surface area contributed by atoms with Gasteiger partial charge in [0.1, 0.15) is 5.75 Å². The van der Waals surface area contributed by atoms with Crippen molar-refractivity contribution >= 4 is 16.5 Å². The SMILES string of the molecule is COc1ccc(N)c(S(=O)Cc2ccc(OC)c(F)c2)c1. The zero-order chi connectivity index (χ0) is 15.4. The fourth-order valence-electron chi connectivity index (χ4n) is 1.87. The molecule has 4 nitrogen and oxygen atoms in total. The number of nitrogens with two attached hydrogens (primary N) is 1. The maximum atomic E-state index is 13.6. The van der Waals surface area contributed by atoms with Crippen LogP contribution in [0.25, 0.3) is 0 Å². The Hall–Kier alpha value is -2.08. The molecule has 2 aromatic carbocycles. The van der Waals surface area contributed by atoms with E-state index in [0.29, 0.717) is 21.9 Å². The molecule has 0 fully saturated rings. The van der Waals surface area contributed by atoms with Gasteiger partial charge in [0.15, 0.2) is 11.6 Å². The molecule has 21 heavy (non-hydrogen) atoms. The molecule has 1 unspecified atom stereocenters. The first kappa shape index (κ1) is 15.3. The highest BCUT2D eigenvalue weighted by Crippen LogP contribution is 2.25. The molecule has 0 aliphatic rings. The average Bonchev–Trinajstić information content (AvgIpc) is 2.48. The van der Waals surface area contributed by atoms with E-state index in [1.165, 1.54) is 26.4 Å². The van der Waals surface area contributed by atoms with Crippen molar-refractivity contribution < 1.29 is 18.1 Å². The van der Waals surface area contributed by atoms with Crippen LogP contribution in [-0.4, -0.2) is 18.4 Å². The summed E-state index contributed by atoms with van der Waals surface area (Å²) in [5.41, 5.74) is 6.86. The number of rotatable bonds is 5. The lowest BCUT2D eigenvalue weighted by Crippen LogP contribution is -2.02. The van der Waals surface area contributed by atoms with Crippen LogP contribution in [0.5, 0.6) is 11.5 Å². The first-order valence-corrected chi connectivity index (χ1v) is 7.51. The van der Waals surface area contributed by atoms with Gasteiger partial charge in [0.25, 0.3) is 0 Å². The highest BCUT2D eigenvalue weighted by atomic mass is 32.2. The quantitative estimate of drug-likeness (QED) is 0.863. The molecule has 0 aromatic heterocycles. The van der Waals surface area contributed by atoms with Gasteiger partial charge in [0, 0.05) is 5.69 Å². The smallest absolute Gasteiger partial charge is 0.165 e. The van der Waals surface area contributed by atoms with Crippen molar-refractivity contribution in [1.82, 2.24) is 0 Å². The van der Waals surface area contributed by atoms with Crippen LogP contribution in [0.1, 0.15) is 5.56 Å². The van der Waals surface area contributed by atoms with Gasteiger partial charge in [-0.05, 0) is 35.9 Å². The molecule has 0 saturated heterocycles. The molecule has 0 aliphatic carbocycles. The van der Waals surface area contributed by atoms with Crippen molar-refractivity contribution in [2.45, 2.75) is 10.6 Å². The zero-order valence-electron chi connectivity index (χ0n) is 11.8. The Labute approximate surface area is 125 Å². The van der Waals surface area contributed by atoms with Gasteiger partial charge in [0.2, 0.25) is 0 Å². The van der Waals surface area contributed by atoms with Crippen LogP contribution < -0.4 is 15.2 Å². The number of nitrogen functional groups attached to an aromatic ring is 1. The standard InChI is InChI=1S/C15H16FNO3S/c1-19-11-4-5-13(17)15(8-11)21(18)9-10-3-6-14(20-2)12(16)7-10/h3-8H,9,17H2,1-2H3. The van der Waals surface area contributed by atoms with E-state index in [4.69, 9.17) is 15.2 Å². The Morgan fingerprint density at radius 2 is 1.90 bits per heavy atom. The highest BCUT2D eigenvalue weighted by molar-refractivity contribution is 7.84. The molecule has 0 bridgehead atoms. The van der Waals surface area contributed by atoms with Gasteiger partial charge in [-0.1, -0.05) is 6.07 Å². The number of methoxy groups -OCH3 is 2. The zero-order valence-corrected chi connectivity index (χ0v) is 12.6. The van der Waals surface area contributed by atoms with Crippen LogP contribution >= 0.6 is 0 Å². The van der Waals surface area contributed by atoms with Gasteiger partial charge < -0.3 is 15.2 Å². The van der Waals surface area contributed by atoms with Gasteiger partial charge in [-0.25, -0.2) is 4.39 Å². The number of ether oxygens (including phenoxy) is 2. The second-order valence-corrected chi connectivity index (χ2v) is 5.78. The number of halogens is 1. The molecule has 0 aliphatic heterocycles.